The maximum absolute atomic E-state index is 10.1. The van der Waals surface area contributed by atoms with E-state index in [0.717, 1.165) is 11.9 Å². The van der Waals surface area contributed by atoms with Gasteiger partial charge in [0.1, 0.15) is 5.25 Å². The number of nitrogens with zero attached hydrogens (tertiary/aromatic N) is 1. The van der Waals surface area contributed by atoms with Gasteiger partial charge in [-0.15, -0.1) is 0 Å². The van der Waals surface area contributed by atoms with Gasteiger partial charge in [-0.2, -0.15) is 0 Å². The molecule has 0 aliphatic carbocycles. The van der Waals surface area contributed by atoms with Gasteiger partial charge in [0.2, 0.25) is 0 Å². The topological polar surface area (TPSA) is 49.7 Å². The fourth-order valence-corrected chi connectivity index (χ4v) is 1.03. The van der Waals surface area contributed by atoms with E-state index < -0.39 is 5.97 Å². The molecule has 4 heteroatoms. The Morgan fingerprint density at radius 2 is 2.75 bits per heavy atom. The molecule has 1 N–H and O–H groups in total. The lowest BCUT2D eigenvalue weighted by atomic mass is 10.3. The fourth-order valence-electron chi connectivity index (χ4n) is 0.444. The summed E-state index contributed by atoms with van der Waals surface area (Å²) in [4.78, 5) is 10.1. The molecule has 0 saturated heterocycles. The summed E-state index contributed by atoms with van der Waals surface area (Å²) >= 11 is 1.12. The van der Waals surface area contributed by atoms with Gasteiger partial charge in [-0.3, -0.25) is 4.79 Å². The van der Waals surface area contributed by atoms with Crippen LogP contribution >= 0.6 is 11.9 Å². The minimum absolute atomic E-state index is 0.324. The van der Waals surface area contributed by atoms with Crippen molar-refractivity contribution >= 4 is 24.1 Å². The van der Waals surface area contributed by atoms with Crippen molar-refractivity contribution in [3.63, 3.8) is 0 Å². The summed E-state index contributed by atoms with van der Waals surface area (Å²) in [7, 11) is 0. The molecule has 0 saturated carbocycles. The van der Waals surface area contributed by atoms with Crippen LogP contribution < -0.4 is 0 Å². The van der Waals surface area contributed by atoms with Crippen molar-refractivity contribution in [2.45, 2.75) is 11.7 Å². The number of hydrogen-bond donors (Lipinski definition) is 1. The molecule has 0 bridgehead atoms. The zero-order valence-electron chi connectivity index (χ0n) is 4.07. The van der Waals surface area contributed by atoms with E-state index in [4.69, 9.17) is 5.11 Å². The Balaban J connectivity index is 2.41. The Hall–Kier alpha value is -0.510. The molecule has 1 heterocycles. The molecule has 1 aliphatic rings. The smallest absolute Gasteiger partial charge is 0.318 e. The highest BCUT2D eigenvalue weighted by atomic mass is 32.2. The van der Waals surface area contributed by atoms with Crippen LogP contribution in [0.5, 0.6) is 0 Å². The van der Waals surface area contributed by atoms with Gasteiger partial charge in [0.25, 0.3) is 0 Å². The van der Waals surface area contributed by atoms with E-state index in [0.29, 0.717) is 6.42 Å². The van der Waals surface area contributed by atoms with Gasteiger partial charge < -0.3 is 5.11 Å². The summed E-state index contributed by atoms with van der Waals surface area (Å²) in [5, 5.41) is 7.99. The predicted molar refractivity (Wildman–Crippen MR) is 32.1 cm³/mol. The van der Waals surface area contributed by atoms with E-state index in [9.17, 15) is 4.79 Å². The molecule has 0 fully saturated rings. The molecule has 0 radical (unpaired) electrons. The molecule has 0 spiro atoms. The molecular formula is C4H5NO2S. The van der Waals surface area contributed by atoms with Crippen molar-refractivity contribution in [3.8, 4) is 0 Å². The Morgan fingerprint density at radius 3 is 3.00 bits per heavy atom. The van der Waals surface area contributed by atoms with E-state index in [1.165, 1.54) is 0 Å². The largest absolute Gasteiger partial charge is 0.480 e. The Kier molecular flexibility index (Phi) is 1.53. The van der Waals surface area contributed by atoms with Crippen molar-refractivity contribution in [3.05, 3.63) is 0 Å². The second kappa shape index (κ2) is 2.17. The molecule has 0 aromatic heterocycles. The average molecular weight is 131 g/mol. The van der Waals surface area contributed by atoms with Gasteiger partial charge in [-0.1, -0.05) is 0 Å². The SMILES string of the molecule is O=C(O)C1CC=NS1. The lowest BCUT2D eigenvalue weighted by Crippen LogP contribution is -2.12. The number of aliphatic carboxylic acids is 1. The van der Waals surface area contributed by atoms with E-state index in [1.54, 1.807) is 6.21 Å². The monoisotopic (exact) mass is 131 g/mol. The predicted octanol–water partition coefficient (Wildman–Crippen LogP) is 0.562. The average Bonchev–Trinajstić information content (AvgIpc) is 2.12. The maximum Gasteiger partial charge on any atom is 0.318 e. The van der Waals surface area contributed by atoms with Crippen LogP contribution in [0.15, 0.2) is 4.40 Å². The highest BCUT2D eigenvalue weighted by Crippen LogP contribution is 2.20. The number of carbonyl (C=O) groups is 1. The van der Waals surface area contributed by atoms with Gasteiger partial charge in [-0.05, 0) is 11.9 Å². The van der Waals surface area contributed by atoms with Crippen LogP contribution in [0.4, 0.5) is 0 Å². The van der Waals surface area contributed by atoms with E-state index in [-0.39, 0.29) is 5.25 Å². The van der Waals surface area contributed by atoms with Crippen molar-refractivity contribution in [1.82, 2.24) is 0 Å². The molecule has 0 aromatic rings. The van der Waals surface area contributed by atoms with Gasteiger partial charge in [0.05, 0.1) is 0 Å². The van der Waals surface area contributed by atoms with E-state index >= 15 is 0 Å². The first-order valence-electron chi connectivity index (χ1n) is 2.21. The summed E-state index contributed by atoms with van der Waals surface area (Å²) in [5.74, 6) is -0.771. The fraction of sp³-hybridized carbons (Fsp3) is 0.500. The number of rotatable bonds is 1. The molecule has 1 atom stereocenters. The van der Waals surface area contributed by atoms with Crippen LogP contribution in [0.25, 0.3) is 0 Å². The third-order valence-corrected chi connectivity index (χ3v) is 1.78. The molecule has 1 aliphatic heterocycles. The molecule has 3 nitrogen and oxygen atoms in total. The quantitative estimate of drug-likeness (QED) is 0.529. The lowest BCUT2D eigenvalue weighted by molar-refractivity contribution is -0.136. The van der Waals surface area contributed by atoms with Gasteiger partial charge in [-0.25, -0.2) is 4.40 Å². The van der Waals surface area contributed by atoms with E-state index in [2.05, 4.69) is 4.40 Å². The molecule has 8 heavy (non-hydrogen) atoms. The molecule has 0 aromatic carbocycles. The standard InChI is InChI=1S/C4H5NO2S/c6-4(7)3-1-2-5-8-3/h2-3H,1H2,(H,6,7). The minimum atomic E-state index is -0.771. The van der Waals surface area contributed by atoms with Crippen molar-refractivity contribution in [2.75, 3.05) is 0 Å². The number of carboxylic acids is 1. The second-order valence-electron chi connectivity index (χ2n) is 1.46. The van der Waals surface area contributed by atoms with Crippen molar-refractivity contribution in [1.29, 1.82) is 0 Å². The van der Waals surface area contributed by atoms with Crippen LogP contribution in [-0.4, -0.2) is 22.5 Å². The first-order valence-corrected chi connectivity index (χ1v) is 3.05. The Bertz CT molecular complexity index is 126. The van der Waals surface area contributed by atoms with Gasteiger partial charge in [0, 0.05) is 12.6 Å². The van der Waals surface area contributed by atoms with Gasteiger partial charge in [0.15, 0.2) is 0 Å². The minimum Gasteiger partial charge on any atom is -0.480 e. The van der Waals surface area contributed by atoms with Crippen LogP contribution in [-0.2, 0) is 4.79 Å². The summed E-state index contributed by atoms with van der Waals surface area (Å²) in [6, 6.07) is 0. The zero-order chi connectivity index (χ0) is 5.98. The molecule has 1 rings (SSSR count). The highest BCUT2D eigenvalue weighted by molar-refractivity contribution is 7.99. The molecule has 44 valence electrons. The molecule has 1 unspecified atom stereocenters. The number of carboxylic acid groups (broad SMARTS) is 1. The summed E-state index contributed by atoms with van der Waals surface area (Å²) in [6.45, 7) is 0. The highest BCUT2D eigenvalue weighted by Gasteiger charge is 2.19. The first-order chi connectivity index (χ1) is 3.80. The Labute approximate surface area is 50.9 Å². The lowest BCUT2D eigenvalue weighted by Gasteiger charge is -1.94. The van der Waals surface area contributed by atoms with Crippen LogP contribution in [0.3, 0.4) is 0 Å². The van der Waals surface area contributed by atoms with Gasteiger partial charge >= 0.3 is 5.97 Å². The third kappa shape index (κ3) is 1.01. The first kappa shape index (κ1) is 5.62. The normalized spacial score (nSPS) is 26.2. The number of hydrogen-bond acceptors (Lipinski definition) is 3. The van der Waals surface area contributed by atoms with Crippen molar-refractivity contribution in [2.24, 2.45) is 4.40 Å². The molecule has 0 amide bonds. The van der Waals surface area contributed by atoms with E-state index in [1.807, 2.05) is 0 Å². The van der Waals surface area contributed by atoms with Crippen LogP contribution in [0.2, 0.25) is 0 Å². The summed E-state index contributed by atoms with van der Waals surface area (Å²) < 4.78 is 3.70. The molecular weight excluding hydrogens is 126 g/mol. The third-order valence-electron chi connectivity index (χ3n) is 0.858. The van der Waals surface area contributed by atoms with Crippen LogP contribution in [0.1, 0.15) is 6.42 Å². The summed E-state index contributed by atoms with van der Waals surface area (Å²) in [5.41, 5.74) is 0. The summed E-state index contributed by atoms with van der Waals surface area (Å²) in [6.07, 6.45) is 2.20. The maximum atomic E-state index is 10.1. The van der Waals surface area contributed by atoms with Crippen LogP contribution in [0, 0.1) is 0 Å². The Morgan fingerprint density at radius 1 is 2.00 bits per heavy atom. The zero-order valence-corrected chi connectivity index (χ0v) is 4.89. The second-order valence-corrected chi connectivity index (χ2v) is 2.45. The van der Waals surface area contributed by atoms with Crippen molar-refractivity contribution < 1.29 is 9.90 Å².